The summed E-state index contributed by atoms with van der Waals surface area (Å²) in [6, 6.07) is 0.686. The summed E-state index contributed by atoms with van der Waals surface area (Å²) in [6.07, 6.45) is 2.82. The average Bonchev–Trinajstić information content (AvgIpc) is 2.43. The Morgan fingerprint density at radius 2 is 2.10 bits per heavy atom. The van der Waals surface area contributed by atoms with Gasteiger partial charge in [0.25, 0.3) is 0 Å². The summed E-state index contributed by atoms with van der Waals surface area (Å²) < 4.78 is 0. The van der Waals surface area contributed by atoms with E-state index in [-0.39, 0.29) is 0 Å². The third-order valence-corrected chi connectivity index (χ3v) is 4.28. The standard InChI is InChI=1S/C8H12ClN/c9-7-4-1-5-3-10-8(7)6(5)2-4/h4-8,10H,1-3H2. The lowest BCUT2D eigenvalue weighted by atomic mass is 9.90. The highest BCUT2D eigenvalue weighted by Gasteiger charge is 2.55. The molecule has 0 amide bonds. The lowest BCUT2D eigenvalue weighted by Crippen LogP contribution is -2.33. The smallest absolute Gasteiger partial charge is 0.0520 e. The van der Waals surface area contributed by atoms with Gasteiger partial charge in [-0.15, -0.1) is 11.6 Å². The van der Waals surface area contributed by atoms with Gasteiger partial charge < -0.3 is 5.32 Å². The number of rotatable bonds is 0. The van der Waals surface area contributed by atoms with Gasteiger partial charge in [-0.1, -0.05) is 0 Å². The third kappa shape index (κ3) is 0.507. The zero-order valence-electron chi connectivity index (χ0n) is 5.89. The maximum absolute atomic E-state index is 6.24. The number of hydrogen-bond donors (Lipinski definition) is 1. The molecule has 1 N–H and O–H groups in total. The molecule has 5 unspecified atom stereocenters. The normalized spacial score (nSPS) is 63.9. The molecule has 1 nitrogen and oxygen atoms in total. The molecule has 3 rings (SSSR count). The highest BCUT2D eigenvalue weighted by atomic mass is 35.5. The summed E-state index contributed by atoms with van der Waals surface area (Å²) in [5.41, 5.74) is 0. The van der Waals surface area contributed by atoms with E-state index in [1.807, 2.05) is 0 Å². The quantitative estimate of drug-likeness (QED) is 0.522. The van der Waals surface area contributed by atoms with Crippen molar-refractivity contribution in [2.75, 3.05) is 6.54 Å². The molecular weight excluding hydrogens is 146 g/mol. The predicted molar refractivity (Wildman–Crippen MR) is 41.1 cm³/mol. The molecule has 3 fully saturated rings. The van der Waals surface area contributed by atoms with Crippen LogP contribution in [-0.2, 0) is 0 Å². The fourth-order valence-corrected chi connectivity index (χ4v) is 3.70. The molecule has 2 aliphatic carbocycles. The maximum atomic E-state index is 6.24. The van der Waals surface area contributed by atoms with Gasteiger partial charge >= 0.3 is 0 Å². The van der Waals surface area contributed by atoms with Crippen LogP contribution in [0.1, 0.15) is 12.8 Å². The van der Waals surface area contributed by atoms with Crippen molar-refractivity contribution in [1.82, 2.24) is 5.32 Å². The van der Waals surface area contributed by atoms with E-state index in [9.17, 15) is 0 Å². The SMILES string of the molecule is ClC1C2CC3CNC1C3C2. The molecule has 0 spiro atoms. The fourth-order valence-electron chi connectivity index (χ4n) is 3.22. The Morgan fingerprint density at radius 3 is 2.80 bits per heavy atom. The zero-order chi connectivity index (χ0) is 6.72. The monoisotopic (exact) mass is 157 g/mol. The van der Waals surface area contributed by atoms with Crippen LogP contribution in [0, 0.1) is 17.8 Å². The van der Waals surface area contributed by atoms with Crippen LogP contribution in [0.5, 0.6) is 0 Å². The number of halogens is 1. The van der Waals surface area contributed by atoms with Crippen LogP contribution in [0.15, 0.2) is 0 Å². The Bertz CT molecular complexity index is 169. The summed E-state index contributed by atoms with van der Waals surface area (Å²) in [6.45, 7) is 1.25. The third-order valence-electron chi connectivity index (χ3n) is 3.66. The van der Waals surface area contributed by atoms with E-state index in [0.29, 0.717) is 11.4 Å². The highest BCUT2D eigenvalue weighted by molar-refractivity contribution is 6.21. The first-order chi connectivity index (χ1) is 4.86. The van der Waals surface area contributed by atoms with E-state index in [1.165, 1.54) is 19.4 Å². The Hall–Kier alpha value is 0.250. The van der Waals surface area contributed by atoms with E-state index >= 15 is 0 Å². The van der Waals surface area contributed by atoms with Gasteiger partial charge in [0.15, 0.2) is 0 Å². The first-order valence-corrected chi connectivity index (χ1v) is 4.67. The van der Waals surface area contributed by atoms with E-state index < -0.39 is 0 Å². The number of alkyl halides is 1. The summed E-state index contributed by atoms with van der Waals surface area (Å²) in [7, 11) is 0. The van der Waals surface area contributed by atoms with Gasteiger partial charge in [0, 0.05) is 6.04 Å². The molecule has 10 heavy (non-hydrogen) atoms. The maximum Gasteiger partial charge on any atom is 0.0520 e. The van der Waals surface area contributed by atoms with Crippen LogP contribution in [0.2, 0.25) is 0 Å². The second kappa shape index (κ2) is 1.70. The Kier molecular flexibility index (Phi) is 0.993. The van der Waals surface area contributed by atoms with Gasteiger partial charge in [-0.2, -0.15) is 0 Å². The van der Waals surface area contributed by atoms with Crippen molar-refractivity contribution in [1.29, 1.82) is 0 Å². The summed E-state index contributed by atoms with van der Waals surface area (Å²) >= 11 is 6.24. The molecule has 1 heterocycles. The molecule has 2 saturated carbocycles. The molecular formula is C8H12ClN. The van der Waals surface area contributed by atoms with Gasteiger partial charge in [0.1, 0.15) is 0 Å². The Labute approximate surface area is 66.1 Å². The molecule has 56 valence electrons. The van der Waals surface area contributed by atoms with Gasteiger partial charge in [0.05, 0.1) is 5.38 Å². The Balaban J connectivity index is 2.00. The molecule has 2 heteroatoms. The van der Waals surface area contributed by atoms with Crippen LogP contribution in [0.4, 0.5) is 0 Å². The predicted octanol–water partition coefficient (Wildman–Crippen LogP) is 1.22. The minimum Gasteiger partial charge on any atom is -0.312 e. The van der Waals surface area contributed by atoms with Crippen LogP contribution in [0.3, 0.4) is 0 Å². The van der Waals surface area contributed by atoms with Gasteiger partial charge in [-0.05, 0) is 37.1 Å². The van der Waals surface area contributed by atoms with E-state index in [0.717, 1.165) is 17.8 Å². The first-order valence-electron chi connectivity index (χ1n) is 4.24. The van der Waals surface area contributed by atoms with Crippen molar-refractivity contribution >= 4 is 11.6 Å². The van der Waals surface area contributed by atoms with Crippen LogP contribution in [-0.4, -0.2) is 18.0 Å². The molecule has 2 bridgehead atoms. The molecule has 5 atom stereocenters. The van der Waals surface area contributed by atoms with Crippen molar-refractivity contribution in [2.24, 2.45) is 17.8 Å². The molecule has 0 radical (unpaired) electrons. The van der Waals surface area contributed by atoms with Crippen LogP contribution >= 0.6 is 11.6 Å². The van der Waals surface area contributed by atoms with Crippen molar-refractivity contribution < 1.29 is 0 Å². The largest absolute Gasteiger partial charge is 0.312 e. The average molecular weight is 158 g/mol. The Morgan fingerprint density at radius 1 is 1.20 bits per heavy atom. The molecule has 1 aliphatic heterocycles. The molecule has 0 aromatic rings. The number of fused-ring (bicyclic) bond motifs is 1. The van der Waals surface area contributed by atoms with E-state index in [1.54, 1.807) is 0 Å². The summed E-state index contributed by atoms with van der Waals surface area (Å²) in [5, 5.41) is 3.99. The van der Waals surface area contributed by atoms with Gasteiger partial charge in [-0.25, -0.2) is 0 Å². The van der Waals surface area contributed by atoms with Crippen molar-refractivity contribution in [3.05, 3.63) is 0 Å². The van der Waals surface area contributed by atoms with Gasteiger partial charge in [0.2, 0.25) is 0 Å². The fraction of sp³-hybridized carbons (Fsp3) is 1.00. The minimum atomic E-state index is 0.462. The number of nitrogens with one attached hydrogen (secondary N) is 1. The number of hydrogen-bond acceptors (Lipinski definition) is 1. The van der Waals surface area contributed by atoms with Gasteiger partial charge in [-0.3, -0.25) is 0 Å². The molecule has 1 saturated heterocycles. The second-order valence-electron chi connectivity index (χ2n) is 4.03. The van der Waals surface area contributed by atoms with Crippen molar-refractivity contribution in [3.63, 3.8) is 0 Å². The molecule has 0 aromatic heterocycles. The zero-order valence-corrected chi connectivity index (χ0v) is 6.64. The topological polar surface area (TPSA) is 12.0 Å². The first kappa shape index (κ1) is 5.84. The van der Waals surface area contributed by atoms with E-state index in [4.69, 9.17) is 11.6 Å². The van der Waals surface area contributed by atoms with Crippen LogP contribution in [0.25, 0.3) is 0 Å². The van der Waals surface area contributed by atoms with Crippen molar-refractivity contribution in [2.45, 2.75) is 24.3 Å². The summed E-state index contributed by atoms with van der Waals surface area (Å²) in [5.74, 6) is 2.80. The summed E-state index contributed by atoms with van der Waals surface area (Å²) in [4.78, 5) is 0. The second-order valence-corrected chi connectivity index (χ2v) is 4.54. The highest BCUT2D eigenvalue weighted by Crippen LogP contribution is 2.53. The molecule has 0 aromatic carbocycles. The van der Waals surface area contributed by atoms with Crippen molar-refractivity contribution in [3.8, 4) is 0 Å². The minimum absolute atomic E-state index is 0.462. The van der Waals surface area contributed by atoms with Crippen LogP contribution < -0.4 is 5.32 Å². The lowest BCUT2D eigenvalue weighted by molar-refractivity contribution is 0.390. The lowest BCUT2D eigenvalue weighted by Gasteiger charge is -2.21. The molecule has 3 aliphatic rings. The van der Waals surface area contributed by atoms with E-state index in [2.05, 4.69) is 5.32 Å².